The lowest BCUT2D eigenvalue weighted by Gasteiger charge is -2.17. The van der Waals surface area contributed by atoms with Gasteiger partial charge in [-0.15, -0.1) is 0 Å². The number of hydrogen-bond acceptors (Lipinski definition) is 3. The molecule has 4 nitrogen and oxygen atoms in total. The van der Waals surface area contributed by atoms with Crippen molar-refractivity contribution >= 4 is 10.0 Å². The Hall–Kier alpha value is -0.910. The molecule has 3 N–H and O–H groups in total. The summed E-state index contributed by atoms with van der Waals surface area (Å²) in [5.41, 5.74) is 7.42. The van der Waals surface area contributed by atoms with Gasteiger partial charge in [0.1, 0.15) is 0 Å². The van der Waals surface area contributed by atoms with Crippen molar-refractivity contribution in [3.63, 3.8) is 0 Å². The molecule has 0 aromatic heterocycles. The number of nitrogens with one attached hydrogen (secondary N) is 1. The maximum Gasteiger partial charge on any atom is 0.240 e. The van der Waals surface area contributed by atoms with Crippen molar-refractivity contribution in [2.45, 2.75) is 44.9 Å². The normalized spacial score (nSPS) is 13.4. The van der Waals surface area contributed by atoms with Gasteiger partial charge in [-0.1, -0.05) is 31.0 Å². The van der Waals surface area contributed by atoms with E-state index in [1.54, 1.807) is 6.07 Å². The molecule has 0 aliphatic rings. The molecule has 1 unspecified atom stereocenters. The minimum absolute atomic E-state index is 0.311. The van der Waals surface area contributed by atoms with Crippen molar-refractivity contribution < 1.29 is 8.42 Å². The van der Waals surface area contributed by atoms with Crippen LogP contribution in [0.5, 0.6) is 0 Å². The van der Waals surface area contributed by atoms with E-state index < -0.39 is 10.0 Å². The van der Waals surface area contributed by atoms with Crippen LogP contribution in [-0.2, 0) is 10.0 Å². The fourth-order valence-corrected chi connectivity index (χ4v) is 3.74. The lowest BCUT2D eigenvalue weighted by molar-refractivity contribution is 0.443. The zero-order valence-corrected chi connectivity index (χ0v) is 13.5. The molecular weight excluding hydrogens is 272 g/mol. The molecule has 5 heteroatoms. The Kier molecular flexibility index (Phi) is 6.65. The van der Waals surface area contributed by atoms with Crippen LogP contribution in [0.1, 0.15) is 37.3 Å². The van der Waals surface area contributed by atoms with Gasteiger partial charge in [0.25, 0.3) is 0 Å². The van der Waals surface area contributed by atoms with E-state index in [1.165, 1.54) is 0 Å². The Morgan fingerprint density at radius 2 is 1.95 bits per heavy atom. The molecule has 0 amide bonds. The molecule has 1 atom stereocenters. The first kappa shape index (κ1) is 17.1. The van der Waals surface area contributed by atoms with Crippen molar-refractivity contribution in [3.05, 3.63) is 29.3 Å². The van der Waals surface area contributed by atoms with E-state index in [9.17, 15) is 8.42 Å². The lowest BCUT2D eigenvalue weighted by atomic mass is 10.0. The number of nitrogens with two attached hydrogens (primary N) is 1. The van der Waals surface area contributed by atoms with Crippen molar-refractivity contribution in [1.29, 1.82) is 0 Å². The highest BCUT2D eigenvalue weighted by atomic mass is 32.2. The predicted octanol–water partition coefficient (Wildman–Crippen LogP) is 2.35. The van der Waals surface area contributed by atoms with E-state index in [2.05, 4.69) is 11.6 Å². The number of benzene rings is 1. The SMILES string of the molecule is CCCC(CCN)CNS(=O)(=O)c1ccc(C)cc1C. The topological polar surface area (TPSA) is 72.2 Å². The van der Waals surface area contributed by atoms with Gasteiger partial charge < -0.3 is 5.73 Å². The Morgan fingerprint density at radius 1 is 1.25 bits per heavy atom. The summed E-state index contributed by atoms with van der Waals surface area (Å²) in [5, 5.41) is 0. The molecule has 1 rings (SSSR count). The summed E-state index contributed by atoms with van der Waals surface area (Å²) in [7, 11) is -3.43. The summed E-state index contributed by atoms with van der Waals surface area (Å²) in [6, 6.07) is 5.38. The van der Waals surface area contributed by atoms with Gasteiger partial charge in [-0.2, -0.15) is 0 Å². The minimum Gasteiger partial charge on any atom is -0.330 e. The summed E-state index contributed by atoms with van der Waals surface area (Å²) < 4.78 is 27.4. The van der Waals surface area contributed by atoms with E-state index >= 15 is 0 Å². The van der Waals surface area contributed by atoms with Crippen molar-refractivity contribution in [3.8, 4) is 0 Å². The fraction of sp³-hybridized carbons (Fsp3) is 0.600. The molecule has 0 radical (unpaired) electrons. The molecular formula is C15H26N2O2S. The molecule has 0 spiro atoms. The quantitative estimate of drug-likeness (QED) is 0.774. The van der Waals surface area contributed by atoms with Gasteiger partial charge in [0, 0.05) is 6.54 Å². The highest BCUT2D eigenvalue weighted by Gasteiger charge is 2.18. The second-order valence-electron chi connectivity index (χ2n) is 5.35. The molecule has 20 heavy (non-hydrogen) atoms. The highest BCUT2D eigenvalue weighted by Crippen LogP contribution is 2.17. The number of sulfonamides is 1. The zero-order valence-electron chi connectivity index (χ0n) is 12.6. The van der Waals surface area contributed by atoms with E-state index in [0.717, 1.165) is 30.4 Å². The van der Waals surface area contributed by atoms with E-state index in [4.69, 9.17) is 5.73 Å². The second kappa shape index (κ2) is 7.76. The number of hydrogen-bond donors (Lipinski definition) is 2. The summed E-state index contributed by atoms with van der Waals surface area (Å²) in [6.45, 7) is 6.93. The molecule has 0 fully saturated rings. The van der Waals surface area contributed by atoms with Crippen LogP contribution in [0.2, 0.25) is 0 Å². The van der Waals surface area contributed by atoms with Crippen molar-refractivity contribution in [2.24, 2.45) is 11.7 Å². The Morgan fingerprint density at radius 3 is 2.50 bits per heavy atom. The van der Waals surface area contributed by atoms with Crippen LogP contribution in [0.3, 0.4) is 0 Å². The monoisotopic (exact) mass is 298 g/mol. The van der Waals surface area contributed by atoms with Crippen molar-refractivity contribution in [2.75, 3.05) is 13.1 Å². The molecule has 0 saturated carbocycles. The van der Waals surface area contributed by atoms with E-state index in [0.29, 0.717) is 23.9 Å². The molecule has 0 aliphatic heterocycles. The van der Waals surface area contributed by atoms with Gasteiger partial charge in [0.2, 0.25) is 10.0 Å². The van der Waals surface area contributed by atoms with Crippen LogP contribution in [0.25, 0.3) is 0 Å². The standard InChI is InChI=1S/C15H26N2O2S/c1-4-5-14(8-9-16)11-17-20(18,19)15-7-6-12(2)10-13(15)3/h6-7,10,14,17H,4-5,8-9,11,16H2,1-3H3. The minimum atomic E-state index is -3.43. The highest BCUT2D eigenvalue weighted by molar-refractivity contribution is 7.89. The van der Waals surface area contributed by atoms with Gasteiger partial charge in [0.15, 0.2) is 0 Å². The summed E-state index contributed by atoms with van der Waals surface area (Å²) >= 11 is 0. The van der Waals surface area contributed by atoms with Crippen LogP contribution in [-0.4, -0.2) is 21.5 Å². The van der Waals surface area contributed by atoms with Gasteiger partial charge in [0.05, 0.1) is 4.90 Å². The van der Waals surface area contributed by atoms with E-state index in [1.807, 2.05) is 26.0 Å². The molecule has 1 aromatic rings. The van der Waals surface area contributed by atoms with Crippen LogP contribution in [0.15, 0.2) is 23.1 Å². The Balaban J connectivity index is 2.78. The molecule has 0 heterocycles. The smallest absolute Gasteiger partial charge is 0.240 e. The lowest BCUT2D eigenvalue weighted by Crippen LogP contribution is -2.30. The predicted molar refractivity (Wildman–Crippen MR) is 83.2 cm³/mol. The zero-order chi connectivity index (χ0) is 15.2. The molecule has 0 bridgehead atoms. The van der Waals surface area contributed by atoms with E-state index in [-0.39, 0.29) is 0 Å². The molecule has 0 aliphatic carbocycles. The van der Waals surface area contributed by atoms with Crippen molar-refractivity contribution in [1.82, 2.24) is 4.72 Å². The third-order valence-electron chi connectivity index (χ3n) is 3.45. The maximum atomic E-state index is 12.3. The number of rotatable bonds is 8. The maximum absolute atomic E-state index is 12.3. The first-order valence-electron chi connectivity index (χ1n) is 7.17. The fourth-order valence-electron chi connectivity index (χ4n) is 2.40. The summed E-state index contributed by atoms with van der Waals surface area (Å²) in [6.07, 6.45) is 2.88. The van der Waals surface area contributed by atoms with Gasteiger partial charge >= 0.3 is 0 Å². The summed E-state index contributed by atoms with van der Waals surface area (Å²) in [5.74, 6) is 0.311. The average molecular weight is 298 g/mol. The largest absolute Gasteiger partial charge is 0.330 e. The third-order valence-corrected chi connectivity index (χ3v) is 5.04. The molecule has 1 aromatic carbocycles. The molecule has 114 valence electrons. The first-order valence-corrected chi connectivity index (χ1v) is 8.66. The average Bonchev–Trinajstić information content (AvgIpc) is 2.36. The number of aryl methyl sites for hydroxylation is 2. The van der Waals surface area contributed by atoms with Crippen LogP contribution in [0.4, 0.5) is 0 Å². The first-order chi connectivity index (χ1) is 9.40. The molecule has 0 saturated heterocycles. The second-order valence-corrected chi connectivity index (χ2v) is 7.09. The summed E-state index contributed by atoms with van der Waals surface area (Å²) in [4.78, 5) is 0.367. The van der Waals surface area contributed by atoms with Gasteiger partial charge in [-0.05, 0) is 50.8 Å². The van der Waals surface area contributed by atoms with Gasteiger partial charge in [-0.25, -0.2) is 13.1 Å². The third kappa shape index (κ3) is 4.89. The van der Waals surface area contributed by atoms with Gasteiger partial charge in [-0.3, -0.25) is 0 Å². The Bertz CT molecular complexity index is 521. The Labute approximate surface area is 122 Å². The van der Waals surface area contributed by atoms with Crippen LogP contribution in [0, 0.1) is 19.8 Å². The van der Waals surface area contributed by atoms with Crippen LogP contribution >= 0.6 is 0 Å². The van der Waals surface area contributed by atoms with Crippen LogP contribution < -0.4 is 10.5 Å².